The van der Waals surface area contributed by atoms with Gasteiger partial charge in [0.25, 0.3) is 0 Å². The Morgan fingerprint density at radius 2 is 2.00 bits per heavy atom. The van der Waals surface area contributed by atoms with Gasteiger partial charge >= 0.3 is 0 Å². The summed E-state index contributed by atoms with van der Waals surface area (Å²) in [6.07, 6.45) is 1.32. The molecule has 1 aliphatic rings. The van der Waals surface area contributed by atoms with E-state index in [4.69, 9.17) is 0 Å². The molecule has 0 aromatic carbocycles. The first-order chi connectivity index (χ1) is 8.79. The third kappa shape index (κ3) is 3.67. The Balaban J connectivity index is 2.09. The summed E-state index contributed by atoms with van der Waals surface area (Å²) in [6, 6.07) is 0. The highest BCUT2D eigenvalue weighted by atomic mass is 32.2. The quantitative estimate of drug-likeness (QED) is 0.895. The molecule has 0 spiro atoms. The topological polar surface area (TPSA) is 71.1 Å². The van der Waals surface area contributed by atoms with Gasteiger partial charge in [0.1, 0.15) is 0 Å². The molecule has 0 amide bonds. The largest absolute Gasteiger partial charge is 0.317 e. The number of rotatable bonds is 3. The van der Waals surface area contributed by atoms with Crippen molar-refractivity contribution in [2.75, 3.05) is 17.8 Å². The van der Waals surface area contributed by atoms with Gasteiger partial charge in [0.2, 0.25) is 10.0 Å². The van der Waals surface area contributed by atoms with Gasteiger partial charge in [0.15, 0.2) is 5.13 Å². The number of hydrogen-bond acceptors (Lipinski definition) is 5. The van der Waals surface area contributed by atoms with Crippen LogP contribution in [0.1, 0.15) is 39.3 Å². The van der Waals surface area contributed by atoms with Crippen molar-refractivity contribution in [1.82, 2.24) is 10.3 Å². The molecule has 2 rings (SSSR count). The van der Waals surface area contributed by atoms with Crippen molar-refractivity contribution in [3.63, 3.8) is 0 Å². The molecule has 0 aliphatic carbocycles. The summed E-state index contributed by atoms with van der Waals surface area (Å²) < 4.78 is 27.1. The van der Waals surface area contributed by atoms with Crippen LogP contribution in [0.25, 0.3) is 0 Å². The second-order valence-electron chi connectivity index (χ2n) is 5.88. The molecule has 1 aliphatic heterocycles. The molecular formula is C12H21N3O2S2. The van der Waals surface area contributed by atoms with E-state index in [0.29, 0.717) is 18.0 Å². The van der Waals surface area contributed by atoms with Gasteiger partial charge in [0, 0.05) is 10.8 Å². The first-order valence-corrected chi connectivity index (χ1v) is 8.90. The lowest BCUT2D eigenvalue weighted by atomic mass is 9.93. The van der Waals surface area contributed by atoms with Crippen molar-refractivity contribution in [1.29, 1.82) is 0 Å². The minimum Gasteiger partial charge on any atom is -0.317 e. The molecule has 5 nitrogen and oxygen atoms in total. The third-order valence-corrected chi connectivity index (χ3v) is 5.94. The third-order valence-electron chi connectivity index (χ3n) is 3.23. The Bertz CT molecular complexity index is 525. The lowest BCUT2D eigenvalue weighted by Gasteiger charge is -2.22. The first kappa shape index (κ1) is 14.7. The van der Waals surface area contributed by atoms with Crippen LogP contribution in [0.2, 0.25) is 0 Å². The number of nitrogens with zero attached hydrogens (tertiary/aromatic N) is 1. The molecule has 2 heterocycles. The van der Waals surface area contributed by atoms with Gasteiger partial charge in [0.05, 0.1) is 10.9 Å². The standard InChI is InChI=1S/C12H21N3O2S2/c1-12(2,3)10-8-18-11(14-10)15-19(16,17)9-4-6-13-7-5-9/h8-9,13H,4-7H2,1-3H3,(H,14,15). The summed E-state index contributed by atoms with van der Waals surface area (Å²) in [4.78, 5) is 4.37. The average Bonchev–Trinajstić information content (AvgIpc) is 2.78. The average molecular weight is 303 g/mol. The van der Waals surface area contributed by atoms with Crippen molar-refractivity contribution in [3.05, 3.63) is 11.1 Å². The van der Waals surface area contributed by atoms with Crippen LogP contribution in [0.15, 0.2) is 5.38 Å². The highest BCUT2D eigenvalue weighted by molar-refractivity contribution is 7.93. The Morgan fingerprint density at radius 3 is 2.53 bits per heavy atom. The van der Waals surface area contributed by atoms with Crippen LogP contribution in [0.3, 0.4) is 0 Å². The van der Waals surface area contributed by atoms with Crippen molar-refractivity contribution in [2.45, 2.75) is 44.3 Å². The predicted octanol–water partition coefficient (Wildman–Crippen LogP) is 1.93. The summed E-state index contributed by atoms with van der Waals surface area (Å²) in [5.41, 5.74) is 0.857. The molecule has 1 aromatic heterocycles. The van der Waals surface area contributed by atoms with E-state index in [0.717, 1.165) is 18.8 Å². The highest BCUT2D eigenvalue weighted by Crippen LogP contribution is 2.27. The molecule has 0 saturated carbocycles. The van der Waals surface area contributed by atoms with Crippen molar-refractivity contribution < 1.29 is 8.42 Å². The minimum absolute atomic E-state index is 0.0606. The summed E-state index contributed by atoms with van der Waals surface area (Å²) in [5.74, 6) is 0. The second-order valence-corrected chi connectivity index (χ2v) is 8.70. The van der Waals surface area contributed by atoms with E-state index in [1.165, 1.54) is 11.3 Å². The lowest BCUT2D eigenvalue weighted by molar-refractivity contribution is 0.499. The molecule has 19 heavy (non-hydrogen) atoms. The number of hydrogen-bond donors (Lipinski definition) is 2. The summed E-state index contributed by atoms with van der Waals surface area (Å²) in [5, 5.41) is 5.25. The van der Waals surface area contributed by atoms with Crippen LogP contribution >= 0.6 is 11.3 Å². The molecule has 1 fully saturated rings. The van der Waals surface area contributed by atoms with Crippen LogP contribution in [0, 0.1) is 0 Å². The maximum absolute atomic E-state index is 12.2. The molecule has 1 aromatic rings. The van der Waals surface area contributed by atoms with Crippen LogP contribution < -0.4 is 10.0 Å². The van der Waals surface area contributed by atoms with E-state index in [9.17, 15) is 8.42 Å². The van der Waals surface area contributed by atoms with Gasteiger partial charge in [-0.25, -0.2) is 13.4 Å². The normalized spacial score (nSPS) is 18.5. The molecule has 2 N–H and O–H groups in total. The number of piperidine rings is 1. The van der Waals surface area contributed by atoms with Gasteiger partial charge in [-0.3, -0.25) is 4.72 Å². The van der Waals surface area contributed by atoms with Crippen LogP contribution in [0.4, 0.5) is 5.13 Å². The molecule has 108 valence electrons. The Kier molecular flexibility index (Phi) is 4.17. The zero-order valence-corrected chi connectivity index (χ0v) is 13.2. The van der Waals surface area contributed by atoms with E-state index in [1.54, 1.807) is 0 Å². The summed E-state index contributed by atoms with van der Waals surface area (Å²) in [7, 11) is -3.31. The highest BCUT2D eigenvalue weighted by Gasteiger charge is 2.28. The minimum atomic E-state index is -3.31. The predicted molar refractivity (Wildman–Crippen MR) is 79.2 cm³/mol. The van der Waals surface area contributed by atoms with E-state index in [2.05, 4.69) is 35.8 Å². The number of aromatic nitrogens is 1. The van der Waals surface area contributed by atoms with Gasteiger partial charge in [-0.2, -0.15) is 0 Å². The Hall–Kier alpha value is -0.660. The molecular weight excluding hydrogens is 282 g/mol. The molecule has 0 atom stereocenters. The second kappa shape index (κ2) is 5.38. The van der Waals surface area contributed by atoms with E-state index < -0.39 is 10.0 Å². The molecule has 0 unspecified atom stereocenters. The SMILES string of the molecule is CC(C)(C)c1csc(NS(=O)(=O)C2CCNCC2)n1. The monoisotopic (exact) mass is 303 g/mol. The first-order valence-electron chi connectivity index (χ1n) is 6.47. The van der Waals surface area contributed by atoms with Crippen LogP contribution in [0.5, 0.6) is 0 Å². The van der Waals surface area contributed by atoms with Crippen molar-refractivity contribution in [3.8, 4) is 0 Å². The van der Waals surface area contributed by atoms with E-state index >= 15 is 0 Å². The Morgan fingerprint density at radius 1 is 1.37 bits per heavy atom. The zero-order valence-electron chi connectivity index (χ0n) is 11.6. The van der Waals surface area contributed by atoms with Crippen LogP contribution in [-0.2, 0) is 15.4 Å². The fourth-order valence-electron chi connectivity index (χ4n) is 1.98. The van der Waals surface area contributed by atoms with Crippen molar-refractivity contribution in [2.24, 2.45) is 0 Å². The fourth-order valence-corrected chi connectivity index (χ4v) is 4.61. The van der Waals surface area contributed by atoms with Gasteiger partial charge < -0.3 is 5.32 Å². The maximum Gasteiger partial charge on any atom is 0.237 e. The van der Waals surface area contributed by atoms with Gasteiger partial charge in [-0.15, -0.1) is 11.3 Å². The number of sulfonamides is 1. The molecule has 0 radical (unpaired) electrons. The summed E-state index contributed by atoms with van der Waals surface area (Å²) in [6.45, 7) is 7.71. The number of anilines is 1. The molecule has 0 bridgehead atoms. The Labute approximate surface area is 118 Å². The number of thiazole rings is 1. The smallest absolute Gasteiger partial charge is 0.237 e. The van der Waals surface area contributed by atoms with Gasteiger partial charge in [-0.1, -0.05) is 20.8 Å². The molecule has 7 heteroatoms. The zero-order chi connectivity index (χ0) is 14.1. The molecule has 1 saturated heterocycles. The lowest BCUT2D eigenvalue weighted by Crippen LogP contribution is -2.38. The summed E-state index contributed by atoms with van der Waals surface area (Å²) >= 11 is 1.35. The number of nitrogens with one attached hydrogen (secondary N) is 2. The fraction of sp³-hybridized carbons (Fsp3) is 0.750. The van der Waals surface area contributed by atoms with Crippen molar-refractivity contribution >= 4 is 26.5 Å². The van der Waals surface area contributed by atoms with Crippen LogP contribution in [-0.4, -0.2) is 31.7 Å². The van der Waals surface area contributed by atoms with E-state index in [-0.39, 0.29) is 10.7 Å². The maximum atomic E-state index is 12.2. The van der Waals surface area contributed by atoms with E-state index in [1.807, 2.05) is 5.38 Å². The van der Waals surface area contributed by atoms with Gasteiger partial charge in [-0.05, 0) is 25.9 Å².